The number of esters is 1. The lowest BCUT2D eigenvalue weighted by molar-refractivity contribution is -0.144. The second-order valence-electron chi connectivity index (χ2n) is 6.91. The Morgan fingerprint density at radius 1 is 1.36 bits per heavy atom. The van der Waals surface area contributed by atoms with E-state index in [0.29, 0.717) is 17.2 Å². The summed E-state index contributed by atoms with van der Waals surface area (Å²) >= 11 is 0. The van der Waals surface area contributed by atoms with Crippen molar-refractivity contribution in [2.24, 2.45) is 11.8 Å². The highest BCUT2D eigenvalue weighted by molar-refractivity contribution is 5.87. The third kappa shape index (κ3) is 3.08. The number of methoxy groups -OCH3 is 1. The van der Waals surface area contributed by atoms with E-state index >= 15 is 0 Å². The molecule has 0 aromatic heterocycles. The lowest BCUT2D eigenvalue weighted by Gasteiger charge is -2.38. The number of aromatic hydroxyl groups is 1. The molecule has 1 aliphatic carbocycles. The maximum atomic E-state index is 11.8. The van der Waals surface area contributed by atoms with Gasteiger partial charge in [-0.2, -0.15) is 0 Å². The van der Waals surface area contributed by atoms with Gasteiger partial charge in [0.05, 0.1) is 13.5 Å². The molecule has 6 heteroatoms. The van der Waals surface area contributed by atoms with Gasteiger partial charge < -0.3 is 19.7 Å². The summed E-state index contributed by atoms with van der Waals surface area (Å²) in [7, 11) is 1.50. The molecule has 0 radical (unpaired) electrons. The van der Waals surface area contributed by atoms with Crippen LogP contribution in [0.15, 0.2) is 23.8 Å². The molecule has 0 spiro atoms. The minimum atomic E-state index is -1.01. The van der Waals surface area contributed by atoms with Gasteiger partial charge in [-0.1, -0.05) is 13.8 Å². The highest BCUT2D eigenvalue weighted by atomic mass is 16.5. The number of carbonyl (C=O) groups is 2. The maximum Gasteiger partial charge on any atom is 0.331 e. The molecule has 134 valence electrons. The smallest absolute Gasteiger partial charge is 0.331 e. The molecule has 2 aliphatic rings. The highest BCUT2D eigenvalue weighted by Crippen LogP contribution is 2.48. The summed E-state index contributed by atoms with van der Waals surface area (Å²) < 4.78 is 10.4. The number of hydrogen-bond acceptors (Lipinski definition) is 5. The van der Waals surface area contributed by atoms with Gasteiger partial charge in [0.2, 0.25) is 0 Å². The number of phenols is 1. The molecule has 0 amide bonds. The molecule has 4 atom stereocenters. The lowest BCUT2D eigenvalue weighted by atomic mass is 9.66. The van der Waals surface area contributed by atoms with Crippen molar-refractivity contribution in [3.63, 3.8) is 0 Å². The molecule has 0 saturated heterocycles. The van der Waals surface area contributed by atoms with Gasteiger partial charge in [0.25, 0.3) is 0 Å². The number of ether oxygens (including phenoxy) is 2. The van der Waals surface area contributed by atoms with Crippen molar-refractivity contribution in [3.05, 3.63) is 34.9 Å². The van der Waals surface area contributed by atoms with Crippen LogP contribution < -0.4 is 4.74 Å². The second kappa shape index (κ2) is 6.43. The Kier molecular flexibility index (Phi) is 4.45. The van der Waals surface area contributed by atoms with E-state index in [2.05, 4.69) is 13.8 Å². The van der Waals surface area contributed by atoms with Crippen molar-refractivity contribution < 1.29 is 29.3 Å². The van der Waals surface area contributed by atoms with Crippen LogP contribution in [-0.4, -0.2) is 35.4 Å². The minimum absolute atomic E-state index is 0.0358. The zero-order valence-corrected chi connectivity index (χ0v) is 14.5. The van der Waals surface area contributed by atoms with Crippen LogP contribution in [0.1, 0.15) is 37.3 Å². The molecule has 0 fully saturated rings. The minimum Gasteiger partial charge on any atom is -0.504 e. The van der Waals surface area contributed by atoms with Crippen LogP contribution in [0.2, 0.25) is 0 Å². The number of carbonyl (C=O) groups excluding carboxylic acids is 1. The predicted molar refractivity (Wildman–Crippen MR) is 89.6 cm³/mol. The summed E-state index contributed by atoms with van der Waals surface area (Å²) in [6.07, 6.45) is 1.22. The molecule has 0 bridgehead atoms. The van der Waals surface area contributed by atoms with Gasteiger partial charge in [-0.05, 0) is 47.1 Å². The molecule has 2 N–H and O–H groups in total. The van der Waals surface area contributed by atoms with Gasteiger partial charge in [0.15, 0.2) is 11.5 Å². The first kappa shape index (κ1) is 17.3. The average molecular weight is 346 g/mol. The van der Waals surface area contributed by atoms with Gasteiger partial charge in [-0.3, -0.25) is 4.79 Å². The first-order chi connectivity index (χ1) is 11.8. The predicted octanol–water partition coefficient (Wildman–Crippen LogP) is 2.64. The molecule has 1 aromatic carbocycles. The van der Waals surface area contributed by atoms with E-state index in [-0.39, 0.29) is 24.0 Å². The van der Waals surface area contributed by atoms with E-state index in [0.717, 1.165) is 17.5 Å². The summed E-state index contributed by atoms with van der Waals surface area (Å²) in [6, 6.07) is 3.49. The number of cyclic esters (lactones) is 1. The lowest BCUT2D eigenvalue weighted by Crippen LogP contribution is -2.31. The Morgan fingerprint density at radius 2 is 2.08 bits per heavy atom. The molecule has 1 aliphatic heterocycles. The molecular weight excluding hydrogens is 324 g/mol. The van der Waals surface area contributed by atoms with Crippen LogP contribution in [0.5, 0.6) is 11.5 Å². The van der Waals surface area contributed by atoms with Crippen LogP contribution in [0, 0.1) is 11.8 Å². The number of fused-ring (bicyclic) bond motifs is 1. The van der Waals surface area contributed by atoms with E-state index in [1.54, 1.807) is 6.07 Å². The largest absolute Gasteiger partial charge is 0.504 e. The summed E-state index contributed by atoms with van der Waals surface area (Å²) in [5.74, 6) is -0.744. The van der Waals surface area contributed by atoms with E-state index in [4.69, 9.17) is 14.6 Å². The molecule has 4 unspecified atom stereocenters. The van der Waals surface area contributed by atoms with E-state index < -0.39 is 18.0 Å². The van der Waals surface area contributed by atoms with E-state index in [1.807, 2.05) is 6.07 Å². The molecule has 1 aromatic rings. The standard InChI is InChI=1S/C19H22O6/c1-9-4-11-5-16(24-3)14(20)6-12(11)19(10(9)2)13-7-18(23)25-15(13)8-17(21)22/h5-7,9-10,15,19-20H,4,8H2,1-3H3,(H,21,22). The highest BCUT2D eigenvalue weighted by Gasteiger charge is 2.41. The zero-order valence-electron chi connectivity index (χ0n) is 14.5. The third-order valence-corrected chi connectivity index (χ3v) is 5.37. The van der Waals surface area contributed by atoms with Gasteiger partial charge in [-0.25, -0.2) is 4.79 Å². The Bertz CT molecular complexity index is 751. The van der Waals surface area contributed by atoms with Crippen molar-refractivity contribution in [1.29, 1.82) is 0 Å². The van der Waals surface area contributed by atoms with Crippen LogP contribution in [0.25, 0.3) is 0 Å². The summed E-state index contributed by atoms with van der Waals surface area (Å²) in [5, 5.41) is 19.3. The topological polar surface area (TPSA) is 93.1 Å². The quantitative estimate of drug-likeness (QED) is 0.814. The van der Waals surface area contributed by atoms with Crippen LogP contribution in [0.3, 0.4) is 0 Å². The Hall–Kier alpha value is -2.50. The number of carboxylic acid groups (broad SMARTS) is 1. The molecule has 6 nitrogen and oxygen atoms in total. The third-order valence-electron chi connectivity index (χ3n) is 5.37. The summed E-state index contributed by atoms with van der Waals surface area (Å²) in [6.45, 7) is 4.21. The van der Waals surface area contributed by atoms with E-state index in [1.165, 1.54) is 13.2 Å². The second-order valence-corrected chi connectivity index (χ2v) is 6.91. The first-order valence-corrected chi connectivity index (χ1v) is 8.35. The first-order valence-electron chi connectivity index (χ1n) is 8.35. The van der Waals surface area contributed by atoms with Gasteiger partial charge in [-0.15, -0.1) is 0 Å². The Balaban J connectivity index is 2.09. The van der Waals surface area contributed by atoms with Crippen LogP contribution in [-0.2, 0) is 20.7 Å². The fraction of sp³-hybridized carbons (Fsp3) is 0.474. The fourth-order valence-electron chi connectivity index (χ4n) is 3.96. The molecule has 3 rings (SSSR count). The number of carboxylic acids is 1. The normalized spacial score (nSPS) is 28.1. The van der Waals surface area contributed by atoms with Crippen molar-refractivity contribution in [1.82, 2.24) is 0 Å². The van der Waals surface area contributed by atoms with Gasteiger partial charge in [0.1, 0.15) is 6.10 Å². The van der Waals surface area contributed by atoms with Crippen molar-refractivity contribution >= 4 is 11.9 Å². The number of rotatable bonds is 4. The van der Waals surface area contributed by atoms with Crippen molar-refractivity contribution in [3.8, 4) is 11.5 Å². The molecule has 1 heterocycles. The number of hydrogen-bond donors (Lipinski definition) is 2. The number of aliphatic carboxylic acids is 1. The summed E-state index contributed by atoms with van der Waals surface area (Å²) in [5.41, 5.74) is 2.63. The van der Waals surface area contributed by atoms with Crippen molar-refractivity contribution in [2.75, 3.05) is 7.11 Å². The Labute approximate surface area is 146 Å². The Morgan fingerprint density at radius 3 is 2.72 bits per heavy atom. The average Bonchev–Trinajstić information content (AvgIpc) is 2.88. The molecule has 0 saturated carbocycles. The number of phenolic OH excluding ortho intramolecular Hbond substituents is 1. The zero-order chi connectivity index (χ0) is 18.3. The number of benzene rings is 1. The van der Waals surface area contributed by atoms with Crippen molar-refractivity contribution in [2.45, 2.75) is 38.7 Å². The monoisotopic (exact) mass is 346 g/mol. The van der Waals surface area contributed by atoms with Crippen LogP contribution in [0.4, 0.5) is 0 Å². The summed E-state index contributed by atoms with van der Waals surface area (Å²) in [4.78, 5) is 22.9. The van der Waals surface area contributed by atoms with E-state index in [9.17, 15) is 14.7 Å². The van der Waals surface area contributed by atoms with Crippen LogP contribution >= 0.6 is 0 Å². The maximum absolute atomic E-state index is 11.8. The molecular formula is C19H22O6. The van der Waals surface area contributed by atoms with Gasteiger partial charge in [0, 0.05) is 12.0 Å². The SMILES string of the molecule is COc1cc2c(cc1O)C(C1=CC(=O)OC1CC(=O)O)C(C)C(C)C2. The van der Waals surface area contributed by atoms with Gasteiger partial charge >= 0.3 is 11.9 Å². The fourth-order valence-corrected chi connectivity index (χ4v) is 3.96. The molecule has 25 heavy (non-hydrogen) atoms.